The van der Waals surface area contributed by atoms with Crippen molar-refractivity contribution in [3.05, 3.63) is 0 Å². The normalized spacial score (nSPS) is 46.4. The van der Waals surface area contributed by atoms with Crippen molar-refractivity contribution in [1.82, 2.24) is 4.90 Å². The maximum absolute atomic E-state index is 10.5. The van der Waals surface area contributed by atoms with Crippen LogP contribution in [0.1, 0.15) is 19.8 Å². The zero-order chi connectivity index (χ0) is 9.47. The number of nitrogens with two attached hydrogens (primary N) is 1. The molecule has 2 heterocycles. The summed E-state index contributed by atoms with van der Waals surface area (Å²) in [5.41, 5.74) is 5.17. The van der Waals surface area contributed by atoms with E-state index in [1.807, 2.05) is 0 Å². The van der Waals surface area contributed by atoms with Crippen LogP contribution in [-0.2, 0) is 0 Å². The van der Waals surface area contributed by atoms with Crippen LogP contribution in [0.3, 0.4) is 0 Å². The summed E-state index contributed by atoms with van der Waals surface area (Å²) in [5.74, 6) is 0.720. The summed E-state index contributed by atoms with van der Waals surface area (Å²) in [7, 11) is 0. The van der Waals surface area contributed by atoms with Gasteiger partial charge in [-0.25, -0.2) is 0 Å². The molecule has 0 aromatic rings. The molecule has 4 atom stereocenters. The van der Waals surface area contributed by atoms with Crippen molar-refractivity contribution >= 4 is 0 Å². The van der Waals surface area contributed by atoms with Crippen LogP contribution < -0.4 is 5.73 Å². The summed E-state index contributed by atoms with van der Waals surface area (Å²) >= 11 is 0. The first kappa shape index (κ1) is 9.44. The standard InChI is InChI=1S/C10H20N2O/c1-8(6-11)10(13)3-5-12-4-2-9(10)7-12/h8-9,13H,2-7,11H2,1H3. The molecule has 0 amide bonds. The number of fused-ring (bicyclic) bond motifs is 2. The number of aliphatic hydroxyl groups is 1. The Morgan fingerprint density at radius 1 is 1.62 bits per heavy atom. The van der Waals surface area contributed by atoms with E-state index in [0.717, 1.165) is 25.9 Å². The summed E-state index contributed by atoms with van der Waals surface area (Å²) in [6.45, 7) is 5.99. The van der Waals surface area contributed by atoms with Gasteiger partial charge in [0.15, 0.2) is 0 Å². The molecule has 0 radical (unpaired) electrons. The van der Waals surface area contributed by atoms with Crippen molar-refractivity contribution in [3.8, 4) is 0 Å². The Labute approximate surface area is 79.9 Å². The number of hydrogen-bond donors (Lipinski definition) is 2. The summed E-state index contributed by atoms with van der Waals surface area (Å²) in [4.78, 5) is 2.45. The van der Waals surface area contributed by atoms with Gasteiger partial charge in [-0.15, -0.1) is 0 Å². The lowest BCUT2D eigenvalue weighted by molar-refractivity contribution is -0.0827. The van der Waals surface area contributed by atoms with Crippen LogP contribution in [0.2, 0.25) is 0 Å². The van der Waals surface area contributed by atoms with Gasteiger partial charge in [0.1, 0.15) is 0 Å². The van der Waals surface area contributed by atoms with E-state index in [4.69, 9.17) is 5.73 Å². The first-order valence-electron chi connectivity index (χ1n) is 5.31. The number of rotatable bonds is 2. The van der Waals surface area contributed by atoms with Crippen LogP contribution in [-0.4, -0.2) is 41.8 Å². The highest BCUT2D eigenvalue weighted by Crippen LogP contribution is 2.39. The second-order valence-electron chi connectivity index (χ2n) is 4.66. The molecule has 2 rings (SSSR count). The largest absolute Gasteiger partial charge is 0.389 e. The smallest absolute Gasteiger partial charge is 0.0738 e. The SMILES string of the molecule is CC(CN)C1(O)CCN2CCC1C2. The average molecular weight is 184 g/mol. The van der Waals surface area contributed by atoms with Gasteiger partial charge in [-0.05, 0) is 31.8 Å². The fourth-order valence-electron chi connectivity index (χ4n) is 2.84. The van der Waals surface area contributed by atoms with Crippen molar-refractivity contribution in [1.29, 1.82) is 0 Å². The molecule has 3 N–H and O–H groups in total. The van der Waals surface area contributed by atoms with Crippen LogP contribution in [0.15, 0.2) is 0 Å². The zero-order valence-electron chi connectivity index (χ0n) is 8.37. The van der Waals surface area contributed by atoms with Gasteiger partial charge in [0.25, 0.3) is 0 Å². The monoisotopic (exact) mass is 184 g/mol. The van der Waals surface area contributed by atoms with Gasteiger partial charge in [-0.1, -0.05) is 6.92 Å². The Morgan fingerprint density at radius 3 is 3.08 bits per heavy atom. The van der Waals surface area contributed by atoms with Gasteiger partial charge < -0.3 is 15.7 Å². The van der Waals surface area contributed by atoms with E-state index in [0.29, 0.717) is 12.5 Å². The highest BCUT2D eigenvalue weighted by atomic mass is 16.3. The molecular weight excluding hydrogens is 164 g/mol. The van der Waals surface area contributed by atoms with Crippen molar-refractivity contribution in [2.45, 2.75) is 25.4 Å². The third kappa shape index (κ3) is 1.39. The second kappa shape index (κ2) is 3.23. The van der Waals surface area contributed by atoms with Crippen LogP contribution in [0.25, 0.3) is 0 Å². The van der Waals surface area contributed by atoms with E-state index in [2.05, 4.69) is 11.8 Å². The number of piperidine rings is 1. The molecule has 0 aromatic heterocycles. The summed E-state index contributed by atoms with van der Waals surface area (Å²) in [5, 5.41) is 10.5. The highest BCUT2D eigenvalue weighted by molar-refractivity contribution is 5.00. The fraction of sp³-hybridized carbons (Fsp3) is 1.00. The minimum atomic E-state index is -0.470. The summed E-state index contributed by atoms with van der Waals surface area (Å²) < 4.78 is 0. The molecule has 0 aromatic carbocycles. The molecule has 4 unspecified atom stereocenters. The van der Waals surface area contributed by atoms with E-state index < -0.39 is 5.60 Å². The maximum Gasteiger partial charge on any atom is 0.0738 e. The van der Waals surface area contributed by atoms with Crippen molar-refractivity contribution < 1.29 is 5.11 Å². The Bertz CT molecular complexity index is 197. The molecule has 2 saturated heterocycles. The molecule has 2 aliphatic rings. The van der Waals surface area contributed by atoms with Gasteiger partial charge >= 0.3 is 0 Å². The molecule has 13 heavy (non-hydrogen) atoms. The lowest BCUT2D eigenvalue weighted by Crippen LogP contribution is -2.52. The Morgan fingerprint density at radius 2 is 2.38 bits per heavy atom. The second-order valence-corrected chi connectivity index (χ2v) is 4.66. The molecule has 0 spiro atoms. The van der Waals surface area contributed by atoms with Crippen LogP contribution >= 0.6 is 0 Å². The summed E-state index contributed by atoms with van der Waals surface area (Å²) in [6.07, 6.45) is 2.07. The predicted molar refractivity (Wildman–Crippen MR) is 52.3 cm³/mol. The minimum absolute atomic E-state index is 0.248. The third-order valence-corrected chi connectivity index (χ3v) is 4.01. The van der Waals surface area contributed by atoms with E-state index in [-0.39, 0.29) is 5.92 Å². The van der Waals surface area contributed by atoms with E-state index in [1.165, 1.54) is 6.54 Å². The Kier molecular flexibility index (Phi) is 2.34. The van der Waals surface area contributed by atoms with Crippen molar-refractivity contribution in [2.24, 2.45) is 17.6 Å². The molecule has 2 fully saturated rings. The van der Waals surface area contributed by atoms with Crippen LogP contribution in [0.4, 0.5) is 0 Å². The van der Waals surface area contributed by atoms with Crippen molar-refractivity contribution in [3.63, 3.8) is 0 Å². The van der Waals surface area contributed by atoms with Gasteiger partial charge in [0.2, 0.25) is 0 Å². The zero-order valence-corrected chi connectivity index (χ0v) is 8.37. The quantitative estimate of drug-likeness (QED) is 0.637. The fourth-order valence-corrected chi connectivity index (χ4v) is 2.84. The first-order chi connectivity index (χ1) is 6.16. The molecule has 2 bridgehead atoms. The molecule has 0 saturated carbocycles. The van der Waals surface area contributed by atoms with Crippen molar-refractivity contribution in [2.75, 3.05) is 26.2 Å². The third-order valence-electron chi connectivity index (χ3n) is 4.01. The Balaban J connectivity index is 2.12. The van der Waals surface area contributed by atoms with Gasteiger partial charge in [0.05, 0.1) is 5.60 Å². The Hall–Kier alpha value is -0.120. The average Bonchev–Trinajstić information content (AvgIpc) is 2.56. The van der Waals surface area contributed by atoms with Gasteiger partial charge in [-0.3, -0.25) is 0 Å². The molecule has 3 nitrogen and oxygen atoms in total. The number of nitrogens with zero attached hydrogens (tertiary/aromatic N) is 1. The molecule has 2 aliphatic heterocycles. The molecule has 0 aliphatic carbocycles. The van der Waals surface area contributed by atoms with E-state index in [1.54, 1.807) is 0 Å². The van der Waals surface area contributed by atoms with E-state index >= 15 is 0 Å². The van der Waals surface area contributed by atoms with Gasteiger partial charge in [-0.2, -0.15) is 0 Å². The lowest BCUT2D eigenvalue weighted by Gasteiger charge is -2.42. The van der Waals surface area contributed by atoms with Crippen LogP contribution in [0.5, 0.6) is 0 Å². The highest BCUT2D eigenvalue weighted by Gasteiger charge is 2.47. The van der Waals surface area contributed by atoms with Crippen LogP contribution in [0, 0.1) is 11.8 Å². The topological polar surface area (TPSA) is 49.5 Å². The molecular formula is C10H20N2O. The predicted octanol–water partition coefficient (Wildman–Crippen LogP) is 0.0379. The molecule has 3 heteroatoms. The number of hydrogen-bond acceptors (Lipinski definition) is 3. The van der Waals surface area contributed by atoms with Gasteiger partial charge in [0, 0.05) is 19.0 Å². The minimum Gasteiger partial charge on any atom is -0.389 e. The first-order valence-corrected chi connectivity index (χ1v) is 5.31. The van der Waals surface area contributed by atoms with E-state index in [9.17, 15) is 5.11 Å². The lowest BCUT2D eigenvalue weighted by atomic mass is 9.74. The molecule has 76 valence electrons. The summed E-state index contributed by atoms with van der Waals surface area (Å²) in [6, 6.07) is 0. The maximum atomic E-state index is 10.5.